The zero-order valence-electron chi connectivity index (χ0n) is 33.1. The molecule has 2 N–H and O–H groups in total. The normalized spacial score (nSPS) is 16.3. The summed E-state index contributed by atoms with van der Waals surface area (Å²) in [5, 5.41) is 23.2. The van der Waals surface area contributed by atoms with E-state index in [4.69, 9.17) is 42.9 Å². The van der Waals surface area contributed by atoms with E-state index in [-0.39, 0.29) is 18.6 Å². The monoisotopic (exact) mass is 850 g/mol. The maximum Gasteiger partial charge on any atom is 0.326 e. The molecule has 0 saturated carbocycles. The van der Waals surface area contributed by atoms with E-state index < -0.39 is 30.1 Å². The number of fused-ring (bicyclic) bond motifs is 2. The lowest BCUT2D eigenvalue weighted by Gasteiger charge is -2.37. The number of halogens is 2. The van der Waals surface area contributed by atoms with Crippen molar-refractivity contribution >= 4 is 40.9 Å². The minimum absolute atomic E-state index is 0.0834. The van der Waals surface area contributed by atoms with Crippen LogP contribution in [0.1, 0.15) is 56.4 Å². The van der Waals surface area contributed by atoms with Gasteiger partial charge in [0.15, 0.2) is 11.9 Å². The van der Waals surface area contributed by atoms with E-state index in [1.54, 1.807) is 36.4 Å². The number of ketones is 1. The smallest absolute Gasteiger partial charge is 0.326 e. The van der Waals surface area contributed by atoms with Crippen molar-refractivity contribution in [3.63, 3.8) is 0 Å². The van der Waals surface area contributed by atoms with Gasteiger partial charge in [-0.15, -0.1) is 0 Å². The number of hydrogen-bond donors (Lipinski definition) is 2. The standard InChI is InChI=1S/C49H40Cl2N4O6/c1-29-3-2-4-39(53-29)27-55-26-38-24-46-37(23-45(56)47(61-46)35-14-16-40(17-15-35)60-28-32-9-18-41(50)42(51)19-32)21-36(38)22-44(55)48(57)54-43(49(58)59)20-30-5-10-33(11-6-30)34-12-7-31(25-52)8-13-34/h2-19,21,24,43-44,47H,20,22-23,26-28H2,1H3,(H,54,57)(H,58,59)/t43-,44-,47?/m0/s1. The van der Waals surface area contributed by atoms with Crippen molar-refractivity contribution in [2.75, 3.05) is 0 Å². The number of amides is 1. The first-order chi connectivity index (χ1) is 29.5. The summed E-state index contributed by atoms with van der Waals surface area (Å²) < 4.78 is 12.3. The van der Waals surface area contributed by atoms with Gasteiger partial charge in [0.1, 0.15) is 24.1 Å². The number of hydrogen-bond acceptors (Lipinski definition) is 8. The summed E-state index contributed by atoms with van der Waals surface area (Å²) in [5.74, 6) is -0.412. The van der Waals surface area contributed by atoms with Gasteiger partial charge in [0.2, 0.25) is 5.91 Å². The molecule has 3 atom stereocenters. The van der Waals surface area contributed by atoms with Crippen LogP contribution in [0.4, 0.5) is 0 Å². The number of carboxylic acid groups (broad SMARTS) is 1. The van der Waals surface area contributed by atoms with Crippen LogP contribution in [0.5, 0.6) is 11.5 Å². The number of carbonyl (C=O) groups is 3. The van der Waals surface area contributed by atoms with Gasteiger partial charge in [-0.2, -0.15) is 5.26 Å². The average molecular weight is 852 g/mol. The van der Waals surface area contributed by atoms with E-state index in [0.29, 0.717) is 58.8 Å². The van der Waals surface area contributed by atoms with Crippen LogP contribution in [0.15, 0.2) is 121 Å². The number of benzene rings is 5. The molecule has 8 rings (SSSR count). The number of nitriles is 1. The van der Waals surface area contributed by atoms with Gasteiger partial charge in [0.25, 0.3) is 0 Å². The van der Waals surface area contributed by atoms with Gasteiger partial charge in [0, 0.05) is 42.8 Å². The lowest BCUT2D eigenvalue weighted by atomic mass is 9.88. The topological polar surface area (TPSA) is 142 Å². The third kappa shape index (κ3) is 9.61. The Bertz CT molecular complexity index is 2660. The van der Waals surface area contributed by atoms with Gasteiger partial charge in [0.05, 0.1) is 33.4 Å². The van der Waals surface area contributed by atoms with Gasteiger partial charge in [-0.25, -0.2) is 4.79 Å². The van der Waals surface area contributed by atoms with Crippen molar-refractivity contribution in [1.29, 1.82) is 5.26 Å². The fourth-order valence-corrected chi connectivity index (χ4v) is 8.15. The molecule has 0 saturated heterocycles. The van der Waals surface area contributed by atoms with Crippen LogP contribution in [0, 0.1) is 18.3 Å². The molecule has 0 bridgehead atoms. The number of aliphatic carboxylic acids is 1. The molecule has 2 aliphatic rings. The number of carbonyl (C=O) groups excluding carboxylic acids is 2. The third-order valence-electron chi connectivity index (χ3n) is 11.1. The van der Waals surface area contributed by atoms with E-state index in [1.807, 2.05) is 96.8 Å². The number of aromatic nitrogens is 1. The van der Waals surface area contributed by atoms with Crippen LogP contribution in [0.3, 0.4) is 0 Å². The molecule has 0 spiro atoms. The van der Waals surface area contributed by atoms with Crippen LogP contribution in [-0.2, 0) is 53.3 Å². The highest BCUT2D eigenvalue weighted by Crippen LogP contribution is 2.38. The Balaban J connectivity index is 0.982. The van der Waals surface area contributed by atoms with Crippen molar-refractivity contribution < 1.29 is 29.0 Å². The number of aryl methyl sites for hydroxylation is 1. The molecule has 0 aliphatic carbocycles. The second-order valence-electron chi connectivity index (χ2n) is 15.4. The molecule has 0 radical (unpaired) electrons. The number of carboxylic acids is 1. The molecule has 5 aromatic carbocycles. The summed E-state index contributed by atoms with van der Waals surface area (Å²) >= 11 is 12.2. The lowest BCUT2D eigenvalue weighted by molar-refractivity contribution is -0.142. The minimum atomic E-state index is -1.18. The molecule has 10 nitrogen and oxygen atoms in total. The minimum Gasteiger partial charge on any atom is -0.489 e. The molecule has 6 aromatic rings. The molecule has 306 valence electrons. The van der Waals surface area contributed by atoms with Crippen molar-refractivity contribution in [2.45, 2.75) is 64.1 Å². The summed E-state index contributed by atoms with van der Waals surface area (Å²) in [6.45, 7) is 2.93. The van der Waals surface area contributed by atoms with E-state index >= 15 is 0 Å². The molecule has 1 unspecified atom stereocenters. The predicted molar refractivity (Wildman–Crippen MR) is 231 cm³/mol. The number of ether oxygens (including phenoxy) is 2. The first-order valence-electron chi connectivity index (χ1n) is 19.8. The molecule has 1 aromatic heterocycles. The van der Waals surface area contributed by atoms with Gasteiger partial charge in [-0.05, 0) is 101 Å². The summed E-state index contributed by atoms with van der Waals surface area (Å²) in [6.07, 6.45) is -0.265. The Morgan fingerprint density at radius 1 is 0.902 bits per heavy atom. The van der Waals surface area contributed by atoms with Crippen molar-refractivity contribution in [3.8, 4) is 28.7 Å². The van der Waals surface area contributed by atoms with E-state index in [1.165, 1.54) is 0 Å². The second kappa shape index (κ2) is 18.0. The van der Waals surface area contributed by atoms with Crippen LogP contribution in [-0.4, -0.2) is 44.7 Å². The first-order valence-corrected chi connectivity index (χ1v) is 20.5. The van der Waals surface area contributed by atoms with Crippen molar-refractivity contribution in [3.05, 3.63) is 182 Å². The van der Waals surface area contributed by atoms with Gasteiger partial charge >= 0.3 is 5.97 Å². The molecular weight excluding hydrogens is 811 g/mol. The maximum atomic E-state index is 14.2. The zero-order valence-corrected chi connectivity index (χ0v) is 34.6. The molecule has 61 heavy (non-hydrogen) atoms. The van der Waals surface area contributed by atoms with Crippen molar-refractivity contribution in [2.24, 2.45) is 0 Å². The average Bonchev–Trinajstić information content (AvgIpc) is 3.26. The van der Waals surface area contributed by atoms with Crippen molar-refractivity contribution in [1.82, 2.24) is 15.2 Å². The number of nitrogens with zero attached hydrogens (tertiary/aromatic N) is 3. The second-order valence-corrected chi connectivity index (χ2v) is 16.2. The van der Waals surface area contributed by atoms with E-state index in [9.17, 15) is 19.5 Å². The molecule has 12 heteroatoms. The fourth-order valence-electron chi connectivity index (χ4n) is 7.83. The van der Waals surface area contributed by atoms with Gasteiger partial charge in [-0.3, -0.25) is 19.5 Å². The Kier molecular flexibility index (Phi) is 12.2. The Labute approximate surface area is 363 Å². The van der Waals surface area contributed by atoms with Gasteiger partial charge < -0.3 is 19.9 Å². The SMILES string of the molecule is Cc1cccc(CN2Cc3cc4c(cc3C[C@H]2C(=O)N[C@@H](Cc2ccc(-c3ccc(C#N)cc3)cc2)C(=O)O)CC(=O)C(c2ccc(OCc3ccc(Cl)c(Cl)c3)cc2)O4)n1. The van der Waals surface area contributed by atoms with E-state index in [2.05, 4.69) is 11.4 Å². The third-order valence-corrected chi connectivity index (χ3v) is 11.8. The molecule has 2 aliphatic heterocycles. The molecule has 1 amide bonds. The Morgan fingerprint density at radius 3 is 2.31 bits per heavy atom. The summed E-state index contributed by atoms with van der Waals surface area (Å²) in [5.41, 5.74) is 8.96. The summed E-state index contributed by atoms with van der Waals surface area (Å²) in [7, 11) is 0. The molecule has 3 heterocycles. The fraction of sp³-hybridized carbons (Fsp3) is 0.204. The van der Waals surface area contributed by atoms with Crippen LogP contribution < -0.4 is 14.8 Å². The number of Topliss-reactive ketones (excluding diaryl/α,β-unsaturated/α-hetero) is 1. The highest BCUT2D eigenvalue weighted by Gasteiger charge is 2.37. The zero-order chi connectivity index (χ0) is 42.6. The van der Waals surface area contributed by atoms with Crippen LogP contribution in [0.2, 0.25) is 10.0 Å². The Morgan fingerprint density at radius 2 is 1.62 bits per heavy atom. The highest BCUT2D eigenvalue weighted by atomic mass is 35.5. The quantitative estimate of drug-likeness (QED) is 0.124. The predicted octanol–water partition coefficient (Wildman–Crippen LogP) is 8.80. The first kappa shape index (κ1) is 41.2. The highest BCUT2D eigenvalue weighted by molar-refractivity contribution is 6.42. The van der Waals surface area contributed by atoms with Crippen LogP contribution >= 0.6 is 23.2 Å². The number of pyridine rings is 1. The maximum absolute atomic E-state index is 14.2. The molecule has 0 fully saturated rings. The van der Waals surface area contributed by atoms with E-state index in [0.717, 1.165) is 50.3 Å². The summed E-state index contributed by atoms with van der Waals surface area (Å²) in [6, 6.07) is 37.2. The van der Waals surface area contributed by atoms with Crippen LogP contribution in [0.25, 0.3) is 11.1 Å². The Hall–Kier alpha value is -6.51. The molecular formula is C49H40Cl2N4O6. The largest absolute Gasteiger partial charge is 0.489 e. The van der Waals surface area contributed by atoms with Gasteiger partial charge in [-0.1, -0.05) is 89.9 Å². The summed E-state index contributed by atoms with van der Waals surface area (Å²) in [4.78, 5) is 47.1. The lowest BCUT2D eigenvalue weighted by Crippen LogP contribution is -2.54. The number of nitrogens with one attached hydrogen (secondary N) is 1. The number of rotatable bonds is 12.